The number of imide groups is 2. The second-order valence-corrected chi connectivity index (χ2v) is 26.3. The molecule has 22 heteroatoms. The number of nitrogens with one attached hydrogen (secondary N) is 3. The molecule has 4 aliphatic heterocycles. The van der Waals surface area contributed by atoms with E-state index in [1.807, 2.05) is 24.3 Å². The highest BCUT2D eigenvalue weighted by molar-refractivity contribution is 7.92. The zero-order valence-electron chi connectivity index (χ0n) is 48.3. The quantitative estimate of drug-likeness (QED) is 0.0188. The van der Waals surface area contributed by atoms with Gasteiger partial charge in [0.15, 0.2) is 15.6 Å². The van der Waals surface area contributed by atoms with E-state index in [4.69, 9.17) is 21.1 Å². The molecule has 20 nitrogen and oxygen atoms in total. The number of hydrogen-bond donors (Lipinski definition) is 3. The number of hydrogen-bond acceptors (Lipinski definition) is 16. The number of aromatic nitrogens is 2. The fourth-order valence-electron chi connectivity index (χ4n) is 12.5. The van der Waals surface area contributed by atoms with E-state index in [2.05, 4.69) is 61.3 Å². The molecule has 5 aliphatic rings. The summed E-state index contributed by atoms with van der Waals surface area (Å²) in [6, 6.07) is 24.7. The van der Waals surface area contributed by atoms with Crippen LogP contribution in [0.4, 0.5) is 17.1 Å². The first-order valence-corrected chi connectivity index (χ1v) is 31.5. The first-order chi connectivity index (χ1) is 41.4. The number of nitro benzene ring substituents is 1. The molecule has 4 aromatic carbocycles. The Morgan fingerprint density at radius 2 is 1.67 bits per heavy atom. The maximum absolute atomic E-state index is 14.3. The van der Waals surface area contributed by atoms with Gasteiger partial charge in [0.2, 0.25) is 11.8 Å². The van der Waals surface area contributed by atoms with Crippen molar-refractivity contribution in [3.05, 3.63) is 152 Å². The molecule has 0 radical (unpaired) electrons. The Morgan fingerprint density at radius 3 is 2.44 bits per heavy atom. The first kappa shape index (κ1) is 59.9. The minimum atomic E-state index is -4.39. The van der Waals surface area contributed by atoms with Gasteiger partial charge in [-0.3, -0.25) is 49.2 Å². The number of nitro groups is 1. The molecule has 6 aromatic rings. The van der Waals surface area contributed by atoms with Gasteiger partial charge in [-0.25, -0.2) is 13.4 Å². The number of nitrogens with zero attached hydrogens (tertiary/aromatic N) is 6. The Bertz CT molecular complexity index is 3760. The lowest BCUT2D eigenvalue weighted by Gasteiger charge is -2.39. The second kappa shape index (κ2) is 25.6. The van der Waals surface area contributed by atoms with Crippen LogP contribution < -0.4 is 20.3 Å². The standard InChI is InChI=1S/C64H70ClN9O11S/c1-64(2)22-18-45(52(36-64)42-8-10-46(65)11-9-42)39-71-26-28-72(29-27-71)47-12-14-50(57(34-47)85-48-33-44-19-23-66-60(44)68-38-48)56(75)40-86(82,83)49-13-15-53(55(35-49)74(80)81)67-37-41-20-24-70(25-21-41)30-32-84-31-4-6-43-5-3-7-51-59(43)63(79)73(62(51)78)54-16-17-58(76)69-61(54)77/h3,5,7-15,19,23,33-35,38,41,54,67H,4,6,16-18,20-22,24-32,36-37,39-40H2,1-2H3,(H,66,68)(H,69,76,77). The number of aromatic amines is 1. The molecule has 1 unspecified atom stereocenters. The van der Waals surface area contributed by atoms with E-state index in [9.17, 15) is 42.5 Å². The summed E-state index contributed by atoms with van der Waals surface area (Å²) < 4.78 is 40.5. The number of pyridine rings is 1. The number of carbonyl (C=O) groups excluding carboxylic acids is 5. The largest absolute Gasteiger partial charge is 0.455 e. The van der Waals surface area contributed by atoms with Crippen LogP contribution in [0.25, 0.3) is 16.6 Å². The van der Waals surface area contributed by atoms with Gasteiger partial charge < -0.3 is 29.6 Å². The number of likely N-dealkylation sites (tertiary alicyclic amines) is 1. The number of piperazine rings is 1. The third-order valence-electron chi connectivity index (χ3n) is 17.4. The average molecular weight is 1210 g/mol. The Balaban J connectivity index is 0.670. The Kier molecular flexibility index (Phi) is 17.9. The second-order valence-electron chi connectivity index (χ2n) is 23.8. The number of benzene rings is 4. The molecule has 3 fully saturated rings. The third-order valence-corrected chi connectivity index (χ3v) is 19.2. The normalized spacial score (nSPS) is 18.8. The van der Waals surface area contributed by atoms with Crippen LogP contribution in [0.3, 0.4) is 0 Å². The molecular formula is C64H70ClN9O11S. The summed E-state index contributed by atoms with van der Waals surface area (Å²) >= 11 is 6.27. The molecule has 86 heavy (non-hydrogen) atoms. The number of carbonyl (C=O) groups is 5. The van der Waals surface area contributed by atoms with Crippen LogP contribution in [-0.2, 0) is 30.6 Å². The number of allylic oxidation sites excluding steroid dienone is 1. The summed E-state index contributed by atoms with van der Waals surface area (Å²) in [5.41, 5.74) is 6.81. The van der Waals surface area contributed by atoms with Crippen molar-refractivity contribution >= 4 is 84.5 Å². The fraction of sp³-hybridized carbons (Fsp3) is 0.406. The number of rotatable bonds is 22. The van der Waals surface area contributed by atoms with Crippen molar-refractivity contribution in [1.29, 1.82) is 0 Å². The Morgan fingerprint density at radius 1 is 0.884 bits per heavy atom. The smallest absolute Gasteiger partial charge is 0.293 e. The van der Waals surface area contributed by atoms with E-state index in [0.717, 1.165) is 91.9 Å². The molecule has 0 bridgehead atoms. The summed E-state index contributed by atoms with van der Waals surface area (Å²) in [5, 5.41) is 19.4. The van der Waals surface area contributed by atoms with E-state index in [1.165, 1.54) is 35.0 Å². The number of H-pyrrole nitrogens is 1. The van der Waals surface area contributed by atoms with Crippen molar-refractivity contribution in [3.8, 4) is 11.5 Å². The predicted molar refractivity (Wildman–Crippen MR) is 327 cm³/mol. The van der Waals surface area contributed by atoms with E-state index in [-0.39, 0.29) is 51.6 Å². The summed E-state index contributed by atoms with van der Waals surface area (Å²) in [6.45, 7) is 12.2. The van der Waals surface area contributed by atoms with Crippen molar-refractivity contribution in [2.24, 2.45) is 11.3 Å². The minimum absolute atomic E-state index is 0.0453. The highest BCUT2D eigenvalue weighted by Gasteiger charge is 2.45. The van der Waals surface area contributed by atoms with Gasteiger partial charge in [0.25, 0.3) is 17.5 Å². The van der Waals surface area contributed by atoms with Crippen LogP contribution in [0, 0.1) is 21.4 Å². The van der Waals surface area contributed by atoms with E-state index < -0.39 is 61.7 Å². The summed E-state index contributed by atoms with van der Waals surface area (Å²) in [6.07, 6.45) is 9.32. The fourth-order valence-corrected chi connectivity index (χ4v) is 13.8. The van der Waals surface area contributed by atoms with Crippen molar-refractivity contribution in [1.82, 2.24) is 30.0 Å². The van der Waals surface area contributed by atoms with Crippen molar-refractivity contribution in [2.75, 3.05) is 88.1 Å². The number of halogens is 1. The molecule has 0 saturated carbocycles. The van der Waals surface area contributed by atoms with Crippen LogP contribution in [0.1, 0.15) is 107 Å². The van der Waals surface area contributed by atoms with Gasteiger partial charge in [0.1, 0.15) is 34.6 Å². The lowest BCUT2D eigenvalue weighted by molar-refractivity contribution is -0.384. The molecule has 4 amide bonds. The summed E-state index contributed by atoms with van der Waals surface area (Å²) in [4.78, 5) is 92.2. The van der Waals surface area contributed by atoms with E-state index >= 15 is 0 Å². The van der Waals surface area contributed by atoms with Gasteiger partial charge in [-0.05, 0) is 147 Å². The molecule has 3 N–H and O–H groups in total. The summed E-state index contributed by atoms with van der Waals surface area (Å²) in [7, 11) is -4.39. The Hall–Kier alpha value is -7.82. The topological polar surface area (TPSA) is 247 Å². The number of anilines is 2. The number of amides is 4. The number of fused-ring (bicyclic) bond motifs is 2. The van der Waals surface area contributed by atoms with Crippen LogP contribution in [0.5, 0.6) is 11.5 Å². The van der Waals surface area contributed by atoms with Crippen LogP contribution >= 0.6 is 11.6 Å². The minimum Gasteiger partial charge on any atom is -0.455 e. The number of Topliss-reactive ketones (excluding diaryl/α,β-unsaturated/α-hetero) is 1. The average Bonchev–Trinajstić information content (AvgIpc) is 2.05. The number of ketones is 1. The maximum Gasteiger partial charge on any atom is 0.293 e. The predicted octanol–water partition coefficient (Wildman–Crippen LogP) is 9.53. The molecule has 0 spiro atoms. The molecule has 6 heterocycles. The number of ether oxygens (including phenoxy) is 2. The van der Waals surface area contributed by atoms with E-state index in [0.29, 0.717) is 74.8 Å². The van der Waals surface area contributed by atoms with Crippen molar-refractivity contribution in [2.45, 2.75) is 82.6 Å². The molecule has 11 rings (SSSR count). The SMILES string of the molecule is CC1(C)CCC(CN2CCN(c3ccc(C(=O)CS(=O)(=O)c4ccc(NCC5CCN(CCOCCCc6cccc7c6C(=O)N(C6CCC(=O)NC6=O)C7=O)CC5)c([N+](=O)[O-])c4)c(Oc4cnc5[nH]ccc5c4)c3)CC2)=C(c2ccc(Cl)cc2)C1. The third kappa shape index (κ3) is 13.6. The van der Waals surface area contributed by atoms with Gasteiger partial charge in [0.05, 0.1) is 39.3 Å². The molecule has 2 aromatic heterocycles. The van der Waals surface area contributed by atoms with Gasteiger partial charge in [-0.2, -0.15) is 0 Å². The van der Waals surface area contributed by atoms with E-state index in [1.54, 1.807) is 42.6 Å². The Labute approximate surface area is 504 Å². The zero-order valence-corrected chi connectivity index (χ0v) is 49.9. The number of sulfone groups is 1. The lowest BCUT2D eigenvalue weighted by atomic mass is 9.72. The zero-order chi connectivity index (χ0) is 60.3. The molecule has 3 saturated heterocycles. The first-order valence-electron chi connectivity index (χ1n) is 29.5. The monoisotopic (exact) mass is 1210 g/mol. The van der Waals surface area contributed by atoms with Crippen LogP contribution in [0.15, 0.2) is 114 Å². The van der Waals surface area contributed by atoms with Gasteiger partial charge in [-0.15, -0.1) is 0 Å². The van der Waals surface area contributed by atoms with Crippen LogP contribution in [-0.4, -0.2) is 151 Å². The maximum atomic E-state index is 14.3. The molecule has 1 aliphatic carbocycles. The molecule has 1 atom stereocenters. The molecular weight excluding hydrogens is 1140 g/mol. The number of piperidine rings is 2. The van der Waals surface area contributed by atoms with Crippen molar-refractivity contribution < 1.29 is 46.8 Å². The lowest BCUT2D eigenvalue weighted by Crippen LogP contribution is -2.54. The van der Waals surface area contributed by atoms with Gasteiger partial charge in [-0.1, -0.05) is 55.3 Å². The van der Waals surface area contributed by atoms with Crippen LogP contribution in [0.2, 0.25) is 5.02 Å². The highest BCUT2D eigenvalue weighted by Crippen LogP contribution is 2.44. The van der Waals surface area contributed by atoms with Crippen molar-refractivity contribution in [3.63, 3.8) is 0 Å². The van der Waals surface area contributed by atoms with Gasteiger partial charge >= 0.3 is 0 Å². The highest BCUT2D eigenvalue weighted by atomic mass is 35.5. The van der Waals surface area contributed by atoms with Gasteiger partial charge in [0, 0.05) is 93.3 Å². The number of aryl methyl sites for hydroxylation is 1. The summed E-state index contributed by atoms with van der Waals surface area (Å²) in [5.74, 6) is -3.11. The molecule has 450 valence electrons.